The van der Waals surface area contributed by atoms with Crippen LogP contribution in [0.25, 0.3) is 0 Å². The Hall–Kier alpha value is -4.45. The molecule has 3 rings (SSSR count). The van der Waals surface area contributed by atoms with Gasteiger partial charge in [-0.05, 0) is 56.2 Å². The fourth-order valence-electron chi connectivity index (χ4n) is 3.80. The summed E-state index contributed by atoms with van der Waals surface area (Å²) >= 11 is 1.10. The zero-order chi connectivity index (χ0) is 29.2. The van der Waals surface area contributed by atoms with Crippen LogP contribution in [0.4, 0.5) is 10.8 Å². The summed E-state index contributed by atoms with van der Waals surface area (Å²) in [4.78, 5) is 56.6. The van der Waals surface area contributed by atoms with Crippen molar-refractivity contribution in [1.82, 2.24) is 4.98 Å². The minimum Gasteiger partial charge on any atom is -0.497 e. The first-order valence-corrected chi connectivity index (χ1v) is 13.2. The number of nitrogens with one attached hydrogen (secondary N) is 2. The number of carbonyl (C=O) groups is 4. The molecule has 2 atom stereocenters. The standard InChI is InChI=1S/C28H31N3O8S/c1-6-38-27(34)21(17-8-12-19(36-4)13-9-17)24(32)30-23-26(40-16(3)29-23)31-25(33)22(28(35)39-7-2)18-10-14-20(37-5)15-11-18/h8-15,21-22H,6-7H2,1-5H3,(H,30,32)(H,31,33). The SMILES string of the molecule is CCOC(=O)C(C(=O)Nc1nc(C)sc1NC(=O)C(C(=O)OCC)c1ccc(OC)cc1)c1ccc(OC)cc1. The van der Waals surface area contributed by atoms with Gasteiger partial charge in [0.1, 0.15) is 16.5 Å². The molecule has 0 bridgehead atoms. The number of amides is 2. The third kappa shape index (κ3) is 7.35. The van der Waals surface area contributed by atoms with Gasteiger partial charge in [0.05, 0.1) is 32.4 Å². The normalized spacial score (nSPS) is 12.0. The van der Waals surface area contributed by atoms with Gasteiger partial charge in [0.25, 0.3) is 0 Å². The van der Waals surface area contributed by atoms with E-state index < -0.39 is 35.6 Å². The first-order chi connectivity index (χ1) is 19.2. The van der Waals surface area contributed by atoms with Crippen molar-refractivity contribution in [2.45, 2.75) is 32.6 Å². The summed E-state index contributed by atoms with van der Waals surface area (Å²) in [6, 6.07) is 12.9. The van der Waals surface area contributed by atoms with Crippen molar-refractivity contribution in [2.75, 3.05) is 38.1 Å². The highest BCUT2D eigenvalue weighted by atomic mass is 32.1. The molecule has 0 spiro atoms. The predicted octanol–water partition coefficient (Wildman–Crippen LogP) is 4.04. The Morgan fingerprint density at radius 2 is 1.18 bits per heavy atom. The Morgan fingerprint density at radius 1 is 0.750 bits per heavy atom. The molecule has 0 saturated heterocycles. The molecule has 1 heterocycles. The maximum Gasteiger partial charge on any atom is 0.323 e. The molecule has 2 N–H and O–H groups in total. The average Bonchev–Trinajstić information content (AvgIpc) is 3.27. The zero-order valence-electron chi connectivity index (χ0n) is 22.8. The number of rotatable bonds is 12. The van der Waals surface area contributed by atoms with Crippen LogP contribution >= 0.6 is 11.3 Å². The second-order valence-electron chi connectivity index (χ2n) is 8.31. The molecule has 2 aromatic carbocycles. The van der Waals surface area contributed by atoms with Crippen molar-refractivity contribution in [3.05, 3.63) is 64.7 Å². The number of hydrogen-bond acceptors (Lipinski definition) is 10. The minimum atomic E-state index is -1.30. The molecule has 0 saturated carbocycles. The Balaban J connectivity index is 1.88. The molecule has 3 aromatic rings. The predicted molar refractivity (Wildman–Crippen MR) is 149 cm³/mol. The summed E-state index contributed by atoms with van der Waals surface area (Å²) in [5, 5.41) is 6.04. The Morgan fingerprint density at radius 3 is 1.57 bits per heavy atom. The average molecular weight is 570 g/mol. The van der Waals surface area contributed by atoms with Gasteiger partial charge >= 0.3 is 11.9 Å². The number of esters is 2. The highest BCUT2D eigenvalue weighted by molar-refractivity contribution is 7.16. The smallest absolute Gasteiger partial charge is 0.323 e. The van der Waals surface area contributed by atoms with Crippen LogP contribution in [0.15, 0.2) is 48.5 Å². The van der Waals surface area contributed by atoms with Gasteiger partial charge in [-0.15, -0.1) is 0 Å². The number of nitrogens with zero attached hydrogens (tertiary/aromatic N) is 1. The number of hydrogen-bond donors (Lipinski definition) is 2. The third-order valence-corrected chi connectivity index (χ3v) is 6.57. The first kappa shape index (κ1) is 30.1. The molecular formula is C28H31N3O8S. The van der Waals surface area contributed by atoms with E-state index >= 15 is 0 Å². The molecule has 0 aliphatic carbocycles. The van der Waals surface area contributed by atoms with Gasteiger partial charge in [0.15, 0.2) is 17.7 Å². The van der Waals surface area contributed by atoms with E-state index in [0.29, 0.717) is 27.6 Å². The maximum absolute atomic E-state index is 13.4. The van der Waals surface area contributed by atoms with Gasteiger partial charge < -0.3 is 29.6 Å². The molecule has 2 amide bonds. The van der Waals surface area contributed by atoms with Gasteiger partial charge in [0, 0.05) is 0 Å². The number of aromatic nitrogens is 1. The number of methoxy groups -OCH3 is 2. The van der Waals surface area contributed by atoms with E-state index in [2.05, 4.69) is 15.6 Å². The fraction of sp³-hybridized carbons (Fsp3) is 0.321. The van der Waals surface area contributed by atoms with Gasteiger partial charge in [0.2, 0.25) is 11.8 Å². The van der Waals surface area contributed by atoms with E-state index in [1.807, 2.05) is 0 Å². The Labute approximate surface area is 235 Å². The number of ether oxygens (including phenoxy) is 4. The third-order valence-electron chi connectivity index (χ3n) is 5.68. The minimum absolute atomic E-state index is 0.0287. The number of thiazole rings is 1. The summed E-state index contributed by atoms with van der Waals surface area (Å²) in [6.45, 7) is 5.14. The van der Waals surface area contributed by atoms with E-state index in [9.17, 15) is 19.2 Å². The number of benzene rings is 2. The molecule has 0 fully saturated rings. The van der Waals surface area contributed by atoms with Gasteiger partial charge in [-0.1, -0.05) is 35.6 Å². The van der Waals surface area contributed by atoms with Crippen LogP contribution in [0.1, 0.15) is 41.8 Å². The highest BCUT2D eigenvalue weighted by Crippen LogP contribution is 2.32. The lowest BCUT2D eigenvalue weighted by Gasteiger charge is -2.18. The van der Waals surface area contributed by atoms with Crippen LogP contribution < -0.4 is 20.1 Å². The van der Waals surface area contributed by atoms with Crippen molar-refractivity contribution in [3.63, 3.8) is 0 Å². The molecule has 40 heavy (non-hydrogen) atoms. The summed E-state index contributed by atoms with van der Waals surface area (Å²) in [5.74, 6) is -4.32. The van der Waals surface area contributed by atoms with E-state index in [1.54, 1.807) is 69.3 Å². The maximum atomic E-state index is 13.4. The largest absolute Gasteiger partial charge is 0.497 e. The van der Waals surface area contributed by atoms with E-state index in [4.69, 9.17) is 18.9 Å². The molecule has 0 radical (unpaired) electrons. The Kier molecular flexibility index (Phi) is 10.6. The van der Waals surface area contributed by atoms with Crippen LogP contribution in [0.3, 0.4) is 0 Å². The van der Waals surface area contributed by atoms with E-state index in [-0.39, 0.29) is 24.0 Å². The lowest BCUT2D eigenvalue weighted by molar-refractivity contribution is -0.148. The van der Waals surface area contributed by atoms with Crippen LogP contribution in [0, 0.1) is 6.92 Å². The quantitative estimate of drug-likeness (QED) is 0.244. The van der Waals surface area contributed by atoms with E-state index in [1.165, 1.54) is 14.2 Å². The first-order valence-electron chi connectivity index (χ1n) is 12.4. The summed E-state index contributed by atoms with van der Waals surface area (Å²) in [7, 11) is 3.01. The summed E-state index contributed by atoms with van der Waals surface area (Å²) < 4.78 is 20.6. The van der Waals surface area contributed by atoms with Crippen molar-refractivity contribution in [2.24, 2.45) is 0 Å². The molecule has 11 nitrogen and oxygen atoms in total. The fourth-order valence-corrected chi connectivity index (χ4v) is 4.58. The van der Waals surface area contributed by atoms with Crippen LogP contribution in [0.5, 0.6) is 11.5 Å². The van der Waals surface area contributed by atoms with Gasteiger partial charge in [-0.25, -0.2) is 4.98 Å². The van der Waals surface area contributed by atoms with Crippen LogP contribution in [-0.2, 0) is 28.7 Å². The molecule has 0 aliphatic heterocycles. The molecule has 0 aliphatic rings. The molecular weight excluding hydrogens is 538 g/mol. The number of aryl methyl sites for hydroxylation is 1. The van der Waals surface area contributed by atoms with Gasteiger partial charge in [-0.2, -0.15) is 0 Å². The topological polar surface area (TPSA) is 142 Å². The molecule has 212 valence electrons. The van der Waals surface area contributed by atoms with Crippen molar-refractivity contribution in [3.8, 4) is 11.5 Å². The van der Waals surface area contributed by atoms with Crippen LogP contribution in [-0.4, -0.2) is 56.2 Å². The van der Waals surface area contributed by atoms with Crippen molar-refractivity contribution < 1.29 is 38.1 Å². The number of carbonyl (C=O) groups excluding carboxylic acids is 4. The Bertz CT molecular complexity index is 1240. The second kappa shape index (κ2) is 14.1. The zero-order valence-corrected chi connectivity index (χ0v) is 23.6. The summed E-state index contributed by atoms with van der Waals surface area (Å²) in [5.41, 5.74) is 0.779. The lowest BCUT2D eigenvalue weighted by atomic mass is 9.98. The van der Waals surface area contributed by atoms with Gasteiger partial charge in [-0.3, -0.25) is 19.2 Å². The second-order valence-corrected chi connectivity index (χ2v) is 9.51. The summed E-state index contributed by atoms with van der Waals surface area (Å²) in [6.07, 6.45) is 0. The highest BCUT2D eigenvalue weighted by Gasteiger charge is 2.33. The monoisotopic (exact) mass is 569 g/mol. The molecule has 1 aromatic heterocycles. The number of anilines is 2. The van der Waals surface area contributed by atoms with Crippen molar-refractivity contribution in [1.29, 1.82) is 0 Å². The van der Waals surface area contributed by atoms with E-state index in [0.717, 1.165) is 11.3 Å². The molecule has 2 unspecified atom stereocenters. The van der Waals surface area contributed by atoms with Crippen molar-refractivity contribution >= 4 is 45.9 Å². The lowest BCUT2D eigenvalue weighted by Crippen LogP contribution is -2.31. The van der Waals surface area contributed by atoms with Crippen LogP contribution in [0.2, 0.25) is 0 Å². The molecule has 12 heteroatoms.